The highest BCUT2D eigenvalue weighted by Gasteiger charge is 2.38. The SMILES string of the molecule is CCC(C)(C)N[C@H](CSCC1CCC(O)CO1)C(=O)NCCC(=O)OCC(=O)OC[C@@H]1C[C@H](F)[C@H](n2ccc(N)nc2=O)O1. The van der Waals surface area contributed by atoms with Gasteiger partial charge in [0.15, 0.2) is 12.8 Å². The number of nitrogens with two attached hydrogens (primary N) is 1. The summed E-state index contributed by atoms with van der Waals surface area (Å²) in [5, 5.41) is 15.7. The molecule has 6 atom stereocenters. The number of nitrogens with zero attached hydrogens (tertiary/aromatic N) is 2. The number of esters is 2. The number of rotatable bonds is 16. The monoisotopic (exact) mass is 645 g/mol. The van der Waals surface area contributed by atoms with Crippen LogP contribution in [-0.2, 0) is 33.3 Å². The number of aliphatic hydroxyl groups excluding tert-OH is 1. The van der Waals surface area contributed by atoms with Crippen LogP contribution in [0.3, 0.4) is 0 Å². The smallest absolute Gasteiger partial charge is 0.351 e. The second kappa shape index (κ2) is 17.1. The fourth-order valence-corrected chi connectivity index (χ4v) is 5.65. The molecule has 16 heteroatoms. The molecule has 0 radical (unpaired) electrons. The molecular formula is C28H44FN5O9S. The number of carbonyl (C=O) groups excluding carboxylic acids is 3. The van der Waals surface area contributed by atoms with Crippen molar-refractivity contribution in [1.82, 2.24) is 20.2 Å². The predicted octanol–water partition coefficient (Wildman–Crippen LogP) is 0.464. The van der Waals surface area contributed by atoms with Crippen LogP contribution in [0.15, 0.2) is 17.1 Å². The average molecular weight is 646 g/mol. The lowest BCUT2D eigenvalue weighted by Gasteiger charge is -2.31. The molecule has 0 saturated carbocycles. The molecule has 2 aliphatic heterocycles. The van der Waals surface area contributed by atoms with Gasteiger partial charge in [-0.1, -0.05) is 6.92 Å². The molecule has 1 aromatic heterocycles. The lowest BCUT2D eigenvalue weighted by molar-refractivity contribution is -0.161. The van der Waals surface area contributed by atoms with Gasteiger partial charge in [-0.2, -0.15) is 16.7 Å². The Labute approximate surface area is 259 Å². The second-order valence-electron chi connectivity index (χ2n) is 11.5. The van der Waals surface area contributed by atoms with E-state index in [9.17, 15) is 28.7 Å². The first-order valence-electron chi connectivity index (χ1n) is 14.7. The van der Waals surface area contributed by atoms with Crippen LogP contribution < -0.4 is 22.1 Å². The topological polar surface area (TPSA) is 193 Å². The van der Waals surface area contributed by atoms with Gasteiger partial charge in [-0.25, -0.2) is 14.0 Å². The highest BCUT2D eigenvalue weighted by molar-refractivity contribution is 7.99. The van der Waals surface area contributed by atoms with Crippen molar-refractivity contribution in [3.05, 3.63) is 22.7 Å². The molecule has 0 aromatic carbocycles. The van der Waals surface area contributed by atoms with Gasteiger partial charge in [0.25, 0.3) is 0 Å². The summed E-state index contributed by atoms with van der Waals surface area (Å²) in [4.78, 5) is 52.7. The number of hydrogen-bond donors (Lipinski definition) is 4. The van der Waals surface area contributed by atoms with Crippen molar-refractivity contribution >= 4 is 35.4 Å². The zero-order valence-electron chi connectivity index (χ0n) is 25.4. The summed E-state index contributed by atoms with van der Waals surface area (Å²) in [6, 6.07) is 0.834. The third-order valence-corrected chi connectivity index (χ3v) is 8.54. The molecule has 1 aromatic rings. The summed E-state index contributed by atoms with van der Waals surface area (Å²) >= 11 is 1.59. The number of aromatic nitrogens is 2. The van der Waals surface area contributed by atoms with Crippen molar-refractivity contribution in [3.8, 4) is 0 Å². The van der Waals surface area contributed by atoms with Crippen molar-refractivity contribution in [2.24, 2.45) is 0 Å². The van der Waals surface area contributed by atoms with E-state index >= 15 is 0 Å². The summed E-state index contributed by atoms with van der Waals surface area (Å²) in [5.74, 6) is -0.619. The Morgan fingerprint density at radius 3 is 2.73 bits per heavy atom. The normalized spacial score (nSPS) is 24.4. The molecule has 5 N–H and O–H groups in total. The number of halogens is 1. The summed E-state index contributed by atoms with van der Waals surface area (Å²) in [6.07, 6.45) is -0.672. The molecule has 44 heavy (non-hydrogen) atoms. The van der Waals surface area contributed by atoms with E-state index in [1.807, 2.05) is 20.8 Å². The molecule has 2 aliphatic rings. The Kier molecular flexibility index (Phi) is 13.8. The minimum absolute atomic E-state index is 0.00211. The average Bonchev–Trinajstić information content (AvgIpc) is 3.35. The van der Waals surface area contributed by atoms with E-state index in [0.717, 1.165) is 17.4 Å². The van der Waals surface area contributed by atoms with Gasteiger partial charge in [0.1, 0.15) is 18.6 Å². The van der Waals surface area contributed by atoms with Crippen LogP contribution in [0.5, 0.6) is 0 Å². The van der Waals surface area contributed by atoms with Crippen LogP contribution in [0, 0.1) is 0 Å². The molecule has 0 aliphatic carbocycles. The number of aliphatic hydroxyl groups is 1. The quantitative estimate of drug-likeness (QED) is 0.181. The second-order valence-corrected chi connectivity index (χ2v) is 12.6. The number of anilines is 1. The van der Waals surface area contributed by atoms with Crippen LogP contribution in [0.25, 0.3) is 0 Å². The number of nitrogens with one attached hydrogen (secondary N) is 2. The van der Waals surface area contributed by atoms with E-state index in [1.165, 1.54) is 12.3 Å². The lowest BCUT2D eigenvalue weighted by Crippen LogP contribution is -2.54. The van der Waals surface area contributed by atoms with E-state index in [4.69, 9.17) is 24.7 Å². The minimum Gasteiger partial charge on any atom is -0.460 e. The summed E-state index contributed by atoms with van der Waals surface area (Å²) in [6.45, 7) is 5.42. The molecule has 248 valence electrons. The molecule has 0 spiro atoms. The van der Waals surface area contributed by atoms with Crippen LogP contribution in [0.2, 0.25) is 0 Å². The summed E-state index contributed by atoms with van der Waals surface area (Å²) in [5.41, 5.74) is 4.41. The third-order valence-electron chi connectivity index (χ3n) is 7.36. The summed E-state index contributed by atoms with van der Waals surface area (Å²) < 4.78 is 36.6. The van der Waals surface area contributed by atoms with Crippen LogP contribution in [-0.4, -0.2) is 106 Å². The maximum atomic E-state index is 14.5. The van der Waals surface area contributed by atoms with Crippen molar-refractivity contribution in [1.29, 1.82) is 0 Å². The number of ether oxygens (including phenoxy) is 4. The van der Waals surface area contributed by atoms with Crippen molar-refractivity contribution in [3.63, 3.8) is 0 Å². The minimum atomic E-state index is -1.53. The van der Waals surface area contributed by atoms with Gasteiger partial charge in [-0.15, -0.1) is 0 Å². The van der Waals surface area contributed by atoms with E-state index in [1.54, 1.807) is 11.8 Å². The fraction of sp³-hybridized carbons (Fsp3) is 0.750. The lowest BCUT2D eigenvalue weighted by atomic mass is 10.0. The van der Waals surface area contributed by atoms with Crippen LogP contribution in [0.4, 0.5) is 10.2 Å². The Morgan fingerprint density at radius 1 is 1.27 bits per heavy atom. The van der Waals surface area contributed by atoms with Gasteiger partial charge < -0.3 is 40.4 Å². The maximum Gasteiger partial charge on any atom is 0.351 e. The zero-order chi connectivity index (χ0) is 32.3. The molecule has 0 bridgehead atoms. The van der Waals surface area contributed by atoms with E-state index in [2.05, 4.69) is 15.6 Å². The van der Waals surface area contributed by atoms with Gasteiger partial charge in [0.2, 0.25) is 5.91 Å². The standard InChI is InChI=1S/C28H44FN5O9S/c1-4-28(2,3)33-21(16-44-15-18-6-5-17(35)12-40-18)25(38)31-9-7-23(36)42-14-24(37)41-13-19-11-20(29)26(43-19)34-10-8-22(30)32-27(34)39/h8,10,17-21,26,33,35H,4-7,9,11-16H2,1-3H3,(H,31,38)(H2,30,32,39)/t17?,18?,19-,20-,21+,26+/m0/s1. The Hall–Kier alpha value is -2.79. The van der Waals surface area contributed by atoms with Crippen molar-refractivity contribution in [2.75, 3.05) is 43.6 Å². The number of amides is 1. The first-order chi connectivity index (χ1) is 20.9. The molecule has 2 fully saturated rings. The summed E-state index contributed by atoms with van der Waals surface area (Å²) in [7, 11) is 0. The molecule has 2 unspecified atom stereocenters. The first kappa shape index (κ1) is 35.7. The van der Waals surface area contributed by atoms with Crippen molar-refractivity contribution in [2.45, 2.75) is 95.2 Å². The zero-order valence-corrected chi connectivity index (χ0v) is 26.2. The van der Waals surface area contributed by atoms with Crippen LogP contribution in [0.1, 0.15) is 59.1 Å². The van der Waals surface area contributed by atoms with Gasteiger partial charge >= 0.3 is 17.6 Å². The fourth-order valence-electron chi connectivity index (χ4n) is 4.52. The maximum absolute atomic E-state index is 14.5. The number of nitrogen functional groups attached to an aromatic ring is 1. The molecule has 14 nitrogen and oxygen atoms in total. The molecule has 3 heterocycles. The van der Waals surface area contributed by atoms with Crippen molar-refractivity contribution < 1.29 is 42.8 Å². The first-order valence-corrected chi connectivity index (χ1v) is 15.9. The van der Waals surface area contributed by atoms with E-state index in [-0.39, 0.29) is 49.4 Å². The highest BCUT2D eigenvalue weighted by Crippen LogP contribution is 2.30. The molecule has 1 amide bonds. The number of thioether (sulfide) groups is 1. The number of alkyl halides is 1. The Morgan fingerprint density at radius 2 is 2.05 bits per heavy atom. The number of hydrogen-bond acceptors (Lipinski definition) is 13. The molecular weight excluding hydrogens is 601 g/mol. The van der Waals surface area contributed by atoms with E-state index in [0.29, 0.717) is 24.5 Å². The van der Waals surface area contributed by atoms with Crippen LogP contribution >= 0.6 is 11.8 Å². The predicted molar refractivity (Wildman–Crippen MR) is 159 cm³/mol. The molecule has 3 rings (SSSR count). The molecule has 2 saturated heterocycles. The van der Waals surface area contributed by atoms with Gasteiger partial charge in [-0.05, 0) is 39.2 Å². The largest absolute Gasteiger partial charge is 0.460 e. The van der Waals surface area contributed by atoms with Gasteiger partial charge in [0.05, 0.1) is 37.4 Å². The Bertz CT molecular complexity index is 1160. The van der Waals surface area contributed by atoms with E-state index < -0.39 is 54.9 Å². The third kappa shape index (κ3) is 11.6. The Balaban J connectivity index is 1.34. The number of carbonyl (C=O) groups is 3. The van der Waals surface area contributed by atoms with Gasteiger partial charge in [-0.3, -0.25) is 14.2 Å². The van der Waals surface area contributed by atoms with Gasteiger partial charge in [0, 0.05) is 36.2 Å². The highest BCUT2D eigenvalue weighted by atomic mass is 32.2.